The minimum Gasteiger partial charge on any atom is -0.504 e. The summed E-state index contributed by atoms with van der Waals surface area (Å²) in [5.74, 6) is -6.05. The first-order valence-electron chi connectivity index (χ1n) is 5.23. The molecule has 0 saturated carbocycles. The summed E-state index contributed by atoms with van der Waals surface area (Å²) in [6, 6.07) is 7.68. The van der Waals surface area contributed by atoms with Crippen molar-refractivity contribution in [2.75, 3.05) is 0 Å². The van der Waals surface area contributed by atoms with Gasteiger partial charge < -0.3 is 25.5 Å². The SMILES string of the molecule is O=C(c1ccccc1)c1c(O)c(O)c(O)c(O)c1O. The van der Waals surface area contributed by atoms with Crippen LogP contribution >= 0.6 is 0 Å². The van der Waals surface area contributed by atoms with Crippen molar-refractivity contribution in [3.8, 4) is 28.7 Å². The van der Waals surface area contributed by atoms with E-state index in [9.17, 15) is 30.3 Å². The Morgan fingerprint density at radius 3 is 1.58 bits per heavy atom. The van der Waals surface area contributed by atoms with Crippen LogP contribution in [0.5, 0.6) is 28.7 Å². The first-order valence-corrected chi connectivity index (χ1v) is 5.23. The maximum Gasteiger partial charge on any atom is 0.208 e. The average molecular weight is 262 g/mol. The molecule has 0 aromatic heterocycles. The van der Waals surface area contributed by atoms with Crippen LogP contribution in [0.2, 0.25) is 0 Å². The number of rotatable bonds is 2. The third kappa shape index (κ3) is 1.89. The summed E-state index contributed by atoms with van der Waals surface area (Å²) in [6.45, 7) is 0. The van der Waals surface area contributed by atoms with Crippen LogP contribution in [0.1, 0.15) is 15.9 Å². The number of ketones is 1. The van der Waals surface area contributed by atoms with E-state index in [-0.39, 0.29) is 5.56 Å². The van der Waals surface area contributed by atoms with Gasteiger partial charge in [0.1, 0.15) is 5.56 Å². The lowest BCUT2D eigenvalue weighted by Crippen LogP contribution is -2.02. The van der Waals surface area contributed by atoms with Crippen molar-refractivity contribution in [3.05, 3.63) is 41.5 Å². The largest absolute Gasteiger partial charge is 0.504 e. The van der Waals surface area contributed by atoms with Gasteiger partial charge in [-0.2, -0.15) is 0 Å². The van der Waals surface area contributed by atoms with Crippen LogP contribution in [0.4, 0.5) is 0 Å². The molecule has 6 heteroatoms. The standard InChI is InChI=1S/C13H10O6/c14-8(6-4-2-1-3-5-6)7-9(15)11(17)13(19)12(18)10(7)16/h1-5,15-19H. The van der Waals surface area contributed by atoms with Crippen LogP contribution < -0.4 is 0 Å². The van der Waals surface area contributed by atoms with Crippen molar-refractivity contribution in [2.45, 2.75) is 0 Å². The van der Waals surface area contributed by atoms with Crippen molar-refractivity contribution in [1.29, 1.82) is 0 Å². The van der Waals surface area contributed by atoms with Gasteiger partial charge in [0, 0.05) is 5.56 Å². The van der Waals surface area contributed by atoms with Crippen LogP contribution in [0.3, 0.4) is 0 Å². The fraction of sp³-hybridized carbons (Fsp3) is 0. The third-order valence-corrected chi connectivity index (χ3v) is 2.63. The van der Waals surface area contributed by atoms with Crippen LogP contribution in [0.25, 0.3) is 0 Å². The molecule has 0 fully saturated rings. The minimum absolute atomic E-state index is 0.137. The van der Waals surface area contributed by atoms with E-state index in [2.05, 4.69) is 0 Å². The molecule has 0 aliphatic heterocycles. The van der Waals surface area contributed by atoms with Gasteiger partial charge >= 0.3 is 0 Å². The van der Waals surface area contributed by atoms with Crippen LogP contribution in [0.15, 0.2) is 30.3 Å². The zero-order valence-electron chi connectivity index (χ0n) is 9.53. The summed E-state index contributed by atoms with van der Waals surface area (Å²) in [7, 11) is 0. The van der Waals surface area contributed by atoms with Gasteiger partial charge in [-0.15, -0.1) is 0 Å². The molecule has 0 radical (unpaired) electrons. The summed E-state index contributed by atoms with van der Waals surface area (Å²) in [4.78, 5) is 12.1. The van der Waals surface area contributed by atoms with Crippen molar-refractivity contribution < 1.29 is 30.3 Å². The zero-order valence-corrected chi connectivity index (χ0v) is 9.53. The highest BCUT2D eigenvalue weighted by atomic mass is 16.4. The highest BCUT2D eigenvalue weighted by Crippen LogP contribution is 2.51. The molecule has 0 bridgehead atoms. The Balaban J connectivity index is 2.67. The number of phenols is 5. The highest BCUT2D eigenvalue weighted by molar-refractivity contribution is 6.13. The molecule has 0 aliphatic rings. The summed E-state index contributed by atoms with van der Waals surface area (Å²) < 4.78 is 0. The molecule has 19 heavy (non-hydrogen) atoms. The van der Waals surface area contributed by atoms with E-state index in [0.717, 1.165) is 0 Å². The lowest BCUT2D eigenvalue weighted by Gasteiger charge is -2.11. The molecule has 2 aromatic carbocycles. The Labute approximate surface area is 107 Å². The van der Waals surface area contributed by atoms with E-state index in [0.29, 0.717) is 0 Å². The lowest BCUT2D eigenvalue weighted by molar-refractivity contribution is 0.103. The van der Waals surface area contributed by atoms with Gasteiger partial charge in [0.05, 0.1) is 0 Å². The number of phenolic OH excluding ortho intramolecular Hbond substituents is 5. The molecule has 0 heterocycles. The Hall–Kier alpha value is -2.89. The second-order valence-electron chi connectivity index (χ2n) is 3.81. The first-order chi connectivity index (χ1) is 8.95. The lowest BCUT2D eigenvalue weighted by atomic mass is 10.00. The Morgan fingerprint density at radius 2 is 1.11 bits per heavy atom. The molecule has 0 unspecified atom stereocenters. The molecule has 0 spiro atoms. The maximum atomic E-state index is 12.1. The summed E-state index contributed by atoms with van der Waals surface area (Å²) >= 11 is 0. The normalized spacial score (nSPS) is 10.3. The van der Waals surface area contributed by atoms with Gasteiger partial charge in [-0.05, 0) is 0 Å². The Bertz CT molecular complexity index is 619. The predicted octanol–water partition coefficient (Wildman–Crippen LogP) is 1.45. The maximum absolute atomic E-state index is 12.1. The fourth-order valence-corrected chi connectivity index (χ4v) is 1.63. The molecule has 2 rings (SSSR count). The molecule has 0 saturated heterocycles. The topological polar surface area (TPSA) is 118 Å². The van der Waals surface area contributed by atoms with Crippen LogP contribution in [-0.4, -0.2) is 31.3 Å². The zero-order chi connectivity index (χ0) is 14.2. The molecule has 2 aromatic rings. The van der Waals surface area contributed by atoms with E-state index in [4.69, 9.17) is 0 Å². The number of hydrogen-bond donors (Lipinski definition) is 5. The number of aromatic hydroxyl groups is 5. The van der Waals surface area contributed by atoms with Gasteiger partial charge in [-0.25, -0.2) is 0 Å². The number of benzene rings is 2. The molecule has 0 amide bonds. The van der Waals surface area contributed by atoms with E-state index in [1.807, 2.05) is 0 Å². The smallest absolute Gasteiger partial charge is 0.208 e. The van der Waals surface area contributed by atoms with Gasteiger partial charge in [0.2, 0.25) is 23.0 Å². The molecule has 6 nitrogen and oxygen atoms in total. The van der Waals surface area contributed by atoms with E-state index in [1.54, 1.807) is 18.2 Å². The summed E-state index contributed by atoms with van der Waals surface area (Å²) in [5, 5.41) is 47.2. The van der Waals surface area contributed by atoms with Gasteiger partial charge in [-0.1, -0.05) is 30.3 Å². The van der Waals surface area contributed by atoms with Gasteiger partial charge in [-0.3, -0.25) is 4.79 Å². The highest BCUT2D eigenvalue weighted by Gasteiger charge is 2.28. The number of carbonyl (C=O) groups excluding carboxylic acids is 1. The number of carbonyl (C=O) groups is 1. The monoisotopic (exact) mass is 262 g/mol. The Morgan fingerprint density at radius 1 is 0.684 bits per heavy atom. The average Bonchev–Trinajstić information content (AvgIpc) is 2.44. The predicted molar refractivity (Wildman–Crippen MR) is 64.6 cm³/mol. The van der Waals surface area contributed by atoms with Crippen LogP contribution in [-0.2, 0) is 0 Å². The molecular formula is C13H10O6. The minimum atomic E-state index is -1.10. The molecule has 0 aliphatic carbocycles. The van der Waals surface area contributed by atoms with E-state index in [1.165, 1.54) is 12.1 Å². The van der Waals surface area contributed by atoms with E-state index >= 15 is 0 Å². The third-order valence-electron chi connectivity index (χ3n) is 2.63. The van der Waals surface area contributed by atoms with Gasteiger partial charge in [0.15, 0.2) is 11.5 Å². The molecule has 5 N–H and O–H groups in total. The second kappa shape index (κ2) is 4.41. The number of hydrogen-bond acceptors (Lipinski definition) is 6. The second-order valence-corrected chi connectivity index (χ2v) is 3.81. The molecule has 0 atom stereocenters. The molecule has 98 valence electrons. The van der Waals surface area contributed by atoms with Crippen molar-refractivity contribution in [2.24, 2.45) is 0 Å². The summed E-state index contributed by atoms with van der Waals surface area (Å²) in [5.41, 5.74) is -0.545. The van der Waals surface area contributed by atoms with E-state index < -0.39 is 40.1 Å². The van der Waals surface area contributed by atoms with Crippen molar-refractivity contribution in [3.63, 3.8) is 0 Å². The Kier molecular flexibility index (Phi) is 2.92. The van der Waals surface area contributed by atoms with Gasteiger partial charge in [0.25, 0.3) is 0 Å². The first kappa shape index (κ1) is 12.6. The van der Waals surface area contributed by atoms with Crippen LogP contribution in [0, 0.1) is 0 Å². The quantitative estimate of drug-likeness (QED) is 0.317. The van der Waals surface area contributed by atoms with Crippen molar-refractivity contribution in [1.82, 2.24) is 0 Å². The molecular weight excluding hydrogens is 252 g/mol. The summed E-state index contributed by atoms with van der Waals surface area (Å²) in [6.07, 6.45) is 0. The fourth-order valence-electron chi connectivity index (χ4n) is 1.63. The van der Waals surface area contributed by atoms with Crippen molar-refractivity contribution >= 4 is 5.78 Å².